The minimum absolute atomic E-state index is 0.467. The van der Waals surface area contributed by atoms with Gasteiger partial charge in [0.1, 0.15) is 0 Å². The van der Waals surface area contributed by atoms with Crippen molar-refractivity contribution in [1.82, 2.24) is 10.2 Å². The van der Waals surface area contributed by atoms with Crippen molar-refractivity contribution < 1.29 is 0 Å². The van der Waals surface area contributed by atoms with Gasteiger partial charge in [0, 0.05) is 5.25 Å². The fourth-order valence-corrected chi connectivity index (χ4v) is 4.16. The van der Waals surface area contributed by atoms with Gasteiger partial charge in [-0.3, -0.25) is 0 Å². The highest BCUT2D eigenvalue weighted by atomic mass is 32.2. The maximum absolute atomic E-state index is 5.66. The average Bonchev–Trinajstić information content (AvgIpc) is 3.18. The zero-order chi connectivity index (χ0) is 13.1. The van der Waals surface area contributed by atoms with Gasteiger partial charge < -0.3 is 5.73 Å². The van der Waals surface area contributed by atoms with Crippen molar-refractivity contribution in [3.63, 3.8) is 0 Å². The lowest BCUT2D eigenvalue weighted by molar-refractivity contribution is 0.658. The van der Waals surface area contributed by atoms with Crippen LogP contribution in [0.25, 0.3) is 0 Å². The second kappa shape index (κ2) is 5.92. The number of benzene rings is 1. The van der Waals surface area contributed by atoms with Gasteiger partial charge >= 0.3 is 0 Å². The summed E-state index contributed by atoms with van der Waals surface area (Å²) in [6, 6.07) is 10.7. The largest absolute Gasteiger partial charge is 0.374 e. The third-order valence-corrected chi connectivity index (χ3v) is 5.53. The molecule has 1 aliphatic rings. The molecule has 0 bridgehead atoms. The van der Waals surface area contributed by atoms with Gasteiger partial charge in [-0.15, -0.1) is 10.2 Å². The van der Waals surface area contributed by atoms with Gasteiger partial charge in [0.2, 0.25) is 5.13 Å². The van der Waals surface area contributed by atoms with Crippen molar-refractivity contribution in [1.29, 1.82) is 0 Å². The summed E-state index contributed by atoms with van der Waals surface area (Å²) in [4.78, 5) is 0. The molecule has 3 nitrogen and oxygen atoms in total. The van der Waals surface area contributed by atoms with Gasteiger partial charge in [-0.2, -0.15) is 0 Å². The Labute approximate surface area is 121 Å². The number of rotatable bonds is 6. The van der Waals surface area contributed by atoms with Crippen molar-refractivity contribution in [2.45, 2.75) is 35.3 Å². The highest BCUT2D eigenvalue weighted by Gasteiger charge is 2.24. The van der Waals surface area contributed by atoms with Crippen LogP contribution in [0.1, 0.15) is 36.5 Å². The first-order valence-electron chi connectivity index (χ1n) is 6.62. The summed E-state index contributed by atoms with van der Waals surface area (Å²) in [5.41, 5.74) is 7.03. The lowest BCUT2D eigenvalue weighted by Crippen LogP contribution is -1.95. The average molecular weight is 291 g/mol. The minimum atomic E-state index is 0.467. The number of nitrogens with two attached hydrogens (primary N) is 1. The van der Waals surface area contributed by atoms with Gasteiger partial charge in [-0.05, 0) is 24.3 Å². The van der Waals surface area contributed by atoms with Crippen molar-refractivity contribution in [2.24, 2.45) is 5.92 Å². The molecule has 1 fully saturated rings. The molecule has 0 radical (unpaired) electrons. The first-order valence-corrected chi connectivity index (χ1v) is 8.31. The number of nitrogen functional groups attached to an aromatic ring is 1. The van der Waals surface area contributed by atoms with Crippen molar-refractivity contribution in [3.8, 4) is 0 Å². The summed E-state index contributed by atoms with van der Waals surface area (Å²) in [6.07, 6.45) is 5.36. The van der Waals surface area contributed by atoms with Gasteiger partial charge in [-0.1, -0.05) is 66.3 Å². The van der Waals surface area contributed by atoms with Crippen molar-refractivity contribution in [2.75, 3.05) is 5.73 Å². The van der Waals surface area contributed by atoms with Crippen LogP contribution in [0.3, 0.4) is 0 Å². The molecule has 0 aliphatic heterocycles. The van der Waals surface area contributed by atoms with E-state index in [0.717, 1.165) is 10.3 Å². The smallest absolute Gasteiger partial charge is 0.203 e. The summed E-state index contributed by atoms with van der Waals surface area (Å²) in [7, 11) is 0. The van der Waals surface area contributed by atoms with Gasteiger partial charge in [0.05, 0.1) is 0 Å². The third kappa shape index (κ3) is 3.70. The molecule has 3 rings (SSSR count). The molecule has 1 aliphatic carbocycles. The Balaban J connectivity index is 1.71. The Kier molecular flexibility index (Phi) is 4.03. The van der Waals surface area contributed by atoms with Gasteiger partial charge in [0.25, 0.3) is 0 Å². The zero-order valence-corrected chi connectivity index (χ0v) is 12.3. The number of aromatic nitrogens is 2. The van der Waals surface area contributed by atoms with E-state index >= 15 is 0 Å². The Bertz CT molecular complexity index is 522. The topological polar surface area (TPSA) is 51.8 Å². The van der Waals surface area contributed by atoms with E-state index in [4.69, 9.17) is 5.73 Å². The standard InChI is InChI=1S/C14H17N3S2/c15-13-16-17-14(19-13)18-12(9-8-10-6-7-10)11-4-2-1-3-5-11/h1-5,10,12H,6-9H2,(H2,15,16). The zero-order valence-electron chi connectivity index (χ0n) is 10.7. The molecule has 100 valence electrons. The van der Waals surface area contributed by atoms with Crippen LogP contribution in [-0.4, -0.2) is 10.2 Å². The molecule has 2 N–H and O–H groups in total. The summed E-state index contributed by atoms with van der Waals surface area (Å²) in [5, 5.41) is 9.05. The third-order valence-electron chi connectivity index (χ3n) is 3.37. The molecule has 1 saturated carbocycles. The molecule has 19 heavy (non-hydrogen) atoms. The maximum atomic E-state index is 5.66. The van der Waals surface area contributed by atoms with Crippen LogP contribution in [0.15, 0.2) is 34.7 Å². The van der Waals surface area contributed by atoms with Crippen LogP contribution in [0.4, 0.5) is 5.13 Å². The molecule has 1 atom stereocenters. The van der Waals surface area contributed by atoms with Gasteiger partial charge in [0.15, 0.2) is 4.34 Å². The van der Waals surface area contributed by atoms with E-state index in [-0.39, 0.29) is 0 Å². The van der Waals surface area contributed by atoms with Crippen LogP contribution in [0.2, 0.25) is 0 Å². The first-order chi connectivity index (χ1) is 9.31. The van der Waals surface area contributed by atoms with E-state index in [0.29, 0.717) is 10.4 Å². The molecule has 0 spiro atoms. The lowest BCUT2D eigenvalue weighted by atomic mass is 10.1. The normalized spacial score (nSPS) is 16.4. The molecule has 1 aromatic heterocycles. The molecule has 5 heteroatoms. The molecule has 0 amide bonds. The predicted octanol–water partition coefficient (Wildman–Crippen LogP) is 4.14. The number of thioether (sulfide) groups is 1. The molecule has 1 aromatic carbocycles. The fraction of sp³-hybridized carbons (Fsp3) is 0.429. The molecule has 1 unspecified atom stereocenters. The van der Waals surface area contributed by atoms with E-state index in [2.05, 4.69) is 40.5 Å². The van der Waals surface area contributed by atoms with E-state index in [1.807, 2.05) is 0 Å². The maximum Gasteiger partial charge on any atom is 0.203 e. The molecular formula is C14H17N3S2. The van der Waals surface area contributed by atoms with E-state index in [9.17, 15) is 0 Å². The summed E-state index contributed by atoms with van der Waals surface area (Å²) in [6.45, 7) is 0. The molecule has 1 heterocycles. The Morgan fingerprint density at radius 3 is 2.68 bits per heavy atom. The number of anilines is 1. The molecule has 0 saturated heterocycles. The van der Waals surface area contributed by atoms with Crippen molar-refractivity contribution >= 4 is 28.2 Å². The summed E-state index contributed by atoms with van der Waals surface area (Å²) < 4.78 is 0.974. The van der Waals surface area contributed by atoms with Crippen molar-refractivity contribution in [3.05, 3.63) is 35.9 Å². The first kappa shape index (κ1) is 12.9. The summed E-state index contributed by atoms with van der Waals surface area (Å²) in [5.74, 6) is 0.964. The Morgan fingerprint density at radius 1 is 1.26 bits per heavy atom. The number of nitrogens with zero attached hydrogens (tertiary/aromatic N) is 2. The second-order valence-corrected chi connectivity index (χ2v) is 7.40. The number of hydrogen-bond donors (Lipinski definition) is 1. The monoisotopic (exact) mass is 291 g/mol. The number of hydrogen-bond acceptors (Lipinski definition) is 5. The highest BCUT2D eigenvalue weighted by molar-refractivity contribution is 8.01. The van der Waals surface area contributed by atoms with Crippen LogP contribution in [-0.2, 0) is 0 Å². The van der Waals surface area contributed by atoms with E-state index in [1.54, 1.807) is 11.8 Å². The quantitative estimate of drug-likeness (QED) is 0.813. The van der Waals surface area contributed by atoms with E-state index < -0.39 is 0 Å². The Morgan fingerprint density at radius 2 is 2.05 bits per heavy atom. The second-order valence-electron chi connectivity index (χ2n) is 4.94. The van der Waals surface area contributed by atoms with E-state index in [1.165, 1.54) is 42.6 Å². The highest BCUT2D eigenvalue weighted by Crippen LogP contribution is 2.43. The Hall–Kier alpha value is -1.07. The summed E-state index contributed by atoms with van der Waals surface area (Å²) >= 11 is 3.28. The van der Waals surface area contributed by atoms with Crippen LogP contribution >= 0.6 is 23.1 Å². The fourth-order valence-electron chi connectivity index (χ4n) is 2.14. The SMILES string of the molecule is Nc1nnc(SC(CCC2CC2)c2ccccc2)s1. The minimum Gasteiger partial charge on any atom is -0.374 e. The molecule has 2 aromatic rings. The predicted molar refractivity (Wildman–Crippen MR) is 81.3 cm³/mol. The molecular weight excluding hydrogens is 274 g/mol. The lowest BCUT2D eigenvalue weighted by Gasteiger charge is -2.15. The van der Waals surface area contributed by atoms with Crippen LogP contribution in [0, 0.1) is 5.92 Å². The van der Waals surface area contributed by atoms with Crippen LogP contribution in [0.5, 0.6) is 0 Å². The van der Waals surface area contributed by atoms with Crippen LogP contribution < -0.4 is 5.73 Å². The van der Waals surface area contributed by atoms with Gasteiger partial charge in [-0.25, -0.2) is 0 Å².